The Morgan fingerprint density at radius 2 is 1.62 bits per heavy atom. The molecule has 1 heterocycles. The first kappa shape index (κ1) is 57.1. The molecule has 6 unspecified atom stereocenters. The van der Waals surface area contributed by atoms with Crippen molar-refractivity contribution < 1.29 is 73.9 Å². The lowest BCUT2D eigenvalue weighted by atomic mass is 9.47. The molecule has 0 aromatic rings. The molecule has 69 heavy (non-hydrogen) atoms. The van der Waals surface area contributed by atoms with Gasteiger partial charge < -0.3 is 70.2 Å². The zero-order chi connectivity index (χ0) is 50.6. The molecule has 0 spiro atoms. The summed E-state index contributed by atoms with van der Waals surface area (Å²) in [5, 5.41) is 75.7. The van der Waals surface area contributed by atoms with Crippen LogP contribution in [0.3, 0.4) is 0 Å². The van der Waals surface area contributed by atoms with Crippen LogP contribution in [-0.4, -0.2) is 172 Å². The summed E-state index contributed by atoms with van der Waals surface area (Å²) in [7, 11) is 0. The molecule has 1 saturated heterocycles. The fourth-order valence-electron chi connectivity index (χ4n) is 12.8. The number of hydrogen-bond acceptors (Lipinski definition) is 15. The molecule has 16 atom stereocenters. The third-order valence-corrected chi connectivity index (χ3v) is 16.8. The summed E-state index contributed by atoms with van der Waals surface area (Å²) in [6.07, 6.45) is 1.18. The molecule has 5 aliphatic rings. The van der Waals surface area contributed by atoms with Gasteiger partial charge in [-0.25, -0.2) is 0 Å². The molecule has 396 valence electrons. The molecule has 3 saturated carbocycles. The van der Waals surface area contributed by atoms with Crippen LogP contribution in [0.1, 0.15) is 131 Å². The number of aliphatic hydroxyl groups excluding tert-OH is 7. The van der Waals surface area contributed by atoms with Crippen molar-refractivity contribution in [3.8, 4) is 0 Å². The van der Waals surface area contributed by atoms with Gasteiger partial charge in [0, 0.05) is 52.0 Å². The normalized spacial score (nSPS) is 33.7. The van der Waals surface area contributed by atoms with Crippen molar-refractivity contribution in [3.05, 3.63) is 11.6 Å². The highest BCUT2D eigenvalue weighted by Gasteiger charge is 2.59. The molecule has 0 bridgehead atoms. The lowest BCUT2D eigenvalue weighted by molar-refractivity contribution is -0.319. The summed E-state index contributed by atoms with van der Waals surface area (Å²) in [6, 6.07) is 0. The fourth-order valence-corrected chi connectivity index (χ4v) is 12.8. The number of hydrogen-bond donors (Lipinski definition) is 9. The molecule has 9 N–H and O–H groups in total. The number of carbonyl (C=O) groups excluding carboxylic acids is 4. The van der Waals surface area contributed by atoms with Gasteiger partial charge in [0.1, 0.15) is 49.3 Å². The van der Waals surface area contributed by atoms with Crippen molar-refractivity contribution >= 4 is 23.7 Å². The number of nitrogens with one attached hydrogen (secondary N) is 2. The van der Waals surface area contributed by atoms with Crippen molar-refractivity contribution in [2.24, 2.45) is 46.3 Å². The average Bonchev–Trinajstić information content (AvgIpc) is 3.68. The Morgan fingerprint density at radius 1 is 0.899 bits per heavy atom. The van der Waals surface area contributed by atoms with Gasteiger partial charge in [0.2, 0.25) is 17.7 Å². The van der Waals surface area contributed by atoms with Crippen LogP contribution in [-0.2, 0) is 38.1 Å². The van der Waals surface area contributed by atoms with E-state index in [4.69, 9.17) is 18.9 Å². The Hall–Kier alpha value is -2.78. The first-order valence-electron chi connectivity index (χ1n) is 26.0. The van der Waals surface area contributed by atoms with Crippen LogP contribution in [0.15, 0.2) is 11.6 Å². The van der Waals surface area contributed by atoms with E-state index in [2.05, 4.69) is 51.3 Å². The first-order chi connectivity index (χ1) is 32.8. The van der Waals surface area contributed by atoms with E-state index in [1.165, 1.54) is 55.4 Å². The highest BCUT2D eigenvalue weighted by molar-refractivity contribution is 5.82. The second kappa shape index (κ2) is 26.3. The van der Waals surface area contributed by atoms with Gasteiger partial charge in [0.15, 0.2) is 6.29 Å². The highest BCUT2D eigenvalue weighted by atomic mass is 16.7. The Morgan fingerprint density at radius 3 is 2.30 bits per heavy atom. The Kier molecular flexibility index (Phi) is 21.7. The quantitative estimate of drug-likeness (QED) is 0.0444. The van der Waals surface area contributed by atoms with Crippen molar-refractivity contribution in [2.75, 3.05) is 52.6 Å². The molecular formula is C51H87N3O15. The Labute approximate surface area is 409 Å². The lowest BCUT2D eigenvalue weighted by Gasteiger charge is -2.58. The second-order valence-corrected chi connectivity index (χ2v) is 21.7. The number of rotatable bonds is 26. The number of carbonyl (C=O) groups is 4. The molecule has 0 aromatic carbocycles. The van der Waals surface area contributed by atoms with E-state index in [9.17, 15) is 54.9 Å². The SMILES string of the molecule is CCOCC(=O)N(CCNC(=O)CCC(=O)OC1CC[C@]2(C)C(=CC[C@@H]3[C@H]4CC[C@@H]([C@@H](C)CCCC(C)C)[C@]4(C)CC[C@H]32)C1)CCNC(=O)C(O)CC(O[C@@H]1OC(CO)[C@H](O)[C@H](O)C1O)C(O)CO. The maximum absolute atomic E-state index is 13.1. The van der Waals surface area contributed by atoms with Gasteiger partial charge in [-0.05, 0) is 98.2 Å². The molecule has 1 aliphatic heterocycles. The van der Waals surface area contributed by atoms with Crippen LogP contribution in [0.5, 0.6) is 0 Å². The number of ether oxygens (including phenoxy) is 4. The zero-order valence-corrected chi connectivity index (χ0v) is 42.1. The minimum atomic E-state index is -1.83. The molecule has 0 radical (unpaired) electrons. The number of esters is 1. The van der Waals surface area contributed by atoms with Crippen LogP contribution in [0, 0.1) is 46.3 Å². The topological polar surface area (TPSA) is 274 Å². The molecule has 3 amide bonds. The van der Waals surface area contributed by atoms with Crippen LogP contribution >= 0.6 is 0 Å². The lowest BCUT2D eigenvalue weighted by Crippen LogP contribution is -2.60. The van der Waals surface area contributed by atoms with Gasteiger partial charge in [-0.1, -0.05) is 65.5 Å². The minimum absolute atomic E-state index is 0.0344. The summed E-state index contributed by atoms with van der Waals surface area (Å²) in [5.41, 5.74) is 2.00. The van der Waals surface area contributed by atoms with E-state index in [1.807, 2.05) is 0 Å². The number of fused-ring (bicyclic) bond motifs is 5. The summed E-state index contributed by atoms with van der Waals surface area (Å²) in [6.45, 7) is 12.3. The van der Waals surface area contributed by atoms with E-state index in [0.29, 0.717) is 11.3 Å². The van der Waals surface area contributed by atoms with Gasteiger partial charge in [-0.2, -0.15) is 0 Å². The molecule has 18 nitrogen and oxygen atoms in total. The number of amides is 3. The van der Waals surface area contributed by atoms with Crippen LogP contribution in [0.25, 0.3) is 0 Å². The maximum Gasteiger partial charge on any atom is 0.306 e. The van der Waals surface area contributed by atoms with Gasteiger partial charge in [0.05, 0.1) is 25.7 Å². The van der Waals surface area contributed by atoms with Crippen LogP contribution in [0.4, 0.5) is 0 Å². The largest absolute Gasteiger partial charge is 0.462 e. The molecule has 5 rings (SSSR count). The van der Waals surface area contributed by atoms with E-state index < -0.39 is 86.4 Å². The first-order valence-corrected chi connectivity index (χ1v) is 26.0. The summed E-state index contributed by atoms with van der Waals surface area (Å²) >= 11 is 0. The summed E-state index contributed by atoms with van der Waals surface area (Å²) in [5.74, 6) is 2.39. The molecular weight excluding hydrogens is 895 g/mol. The third kappa shape index (κ3) is 14.5. The smallest absolute Gasteiger partial charge is 0.306 e. The number of aliphatic hydroxyl groups is 7. The monoisotopic (exact) mass is 982 g/mol. The van der Waals surface area contributed by atoms with Crippen molar-refractivity contribution in [3.63, 3.8) is 0 Å². The fraction of sp³-hybridized carbons (Fsp3) is 0.882. The predicted molar refractivity (Wildman–Crippen MR) is 254 cm³/mol. The van der Waals surface area contributed by atoms with E-state index in [0.717, 1.165) is 55.3 Å². The van der Waals surface area contributed by atoms with E-state index in [1.54, 1.807) is 6.92 Å². The Balaban J connectivity index is 1.03. The van der Waals surface area contributed by atoms with Crippen LogP contribution in [0.2, 0.25) is 0 Å². The maximum atomic E-state index is 13.1. The van der Waals surface area contributed by atoms with Gasteiger partial charge in [-0.3, -0.25) is 19.2 Å². The highest BCUT2D eigenvalue weighted by Crippen LogP contribution is 2.67. The van der Waals surface area contributed by atoms with Crippen molar-refractivity contribution in [2.45, 2.75) is 187 Å². The zero-order valence-electron chi connectivity index (χ0n) is 42.1. The van der Waals surface area contributed by atoms with Gasteiger partial charge in [0.25, 0.3) is 0 Å². The van der Waals surface area contributed by atoms with Crippen molar-refractivity contribution in [1.82, 2.24) is 15.5 Å². The Bertz CT molecular complexity index is 1700. The predicted octanol–water partition coefficient (Wildman–Crippen LogP) is 2.11. The van der Waals surface area contributed by atoms with Crippen molar-refractivity contribution in [1.29, 1.82) is 0 Å². The third-order valence-electron chi connectivity index (χ3n) is 16.8. The number of allylic oxidation sites excluding steroid dienone is 1. The van der Waals surface area contributed by atoms with Crippen LogP contribution < -0.4 is 10.6 Å². The minimum Gasteiger partial charge on any atom is -0.462 e. The van der Waals surface area contributed by atoms with E-state index >= 15 is 0 Å². The molecule has 0 aromatic heterocycles. The standard InChI is InChI=1S/C51H87N3O15/c1-7-66-29-43(60)54(24-22-53-48(65)38(57)26-40(39(58)27-55)68-49-47(64)46(63)45(62)41(28-56)69-49)23-21-52-42(59)15-16-44(61)67-33-17-19-50(5)32(25-33)11-12-34-36-14-13-35(31(4)10-8-9-30(2)3)51(36,6)20-18-37(34)50/h11,30-31,33-41,45-47,49,55-58,62-64H,7-10,12-29H2,1-6H3,(H,52,59)(H,53,65)/t31-,33?,34+,35-,36+,37+,38?,39?,40?,41?,45-,46-,47?,49+,50+,51-/m0/s1. The number of nitrogens with zero attached hydrogens (tertiary/aromatic N) is 1. The van der Waals surface area contributed by atoms with E-state index in [-0.39, 0.29) is 69.7 Å². The molecule has 18 heteroatoms. The summed E-state index contributed by atoms with van der Waals surface area (Å²) in [4.78, 5) is 53.1. The van der Waals surface area contributed by atoms with Gasteiger partial charge in [-0.15, -0.1) is 0 Å². The average molecular weight is 982 g/mol. The second-order valence-electron chi connectivity index (χ2n) is 21.7. The van der Waals surface area contributed by atoms with Gasteiger partial charge >= 0.3 is 5.97 Å². The summed E-state index contributed by atoms with van der Waals surface area (Å²) < 4.78 is 22.0. The molecule has 4 fully saturated rings. The molecule has 4 aliphatic carbocycles.